The quantitative estimate of drug-likeness (QED) is 0.549. The van der Waals surface area contributed by atoms with Gasteiger partial charge in [-0.3, -0.25) is 0 Å². The Morgan fingerprint density at radius 3 is 2.57 bits per heavy atom. The van der Waals surface area contributed by atoms with Gasteiger partial charge in [-0.1, -0.05) is 40.0 Å². The summed E-state index contributed by atoms with van der Waals surface area (Å²) in [5.41, 5.74) is 0. The summed E-state index contributed by atoms with van der Waals surface area (Å²) in [4.78, 5) is 0. The van der Waals surface area contributed by atoms with Gasteiger partial charge in [-0.15, -0.1) is 0 Å². The van der Waals surface area contributed by atoms with Crippen LogP contribution in [0, 0.1) is 23.7 Å². The van der Waals surface area contributed by atoms with Gasteiger partial charge in [0.25, 0.3) is 0 Å². The summed E-state index contributed by atoms with van der Waals surface area (Å²) in [6.07, 6.45) is 9.78. The summed E-state index contributed by atoms with van der Waals surface area (Å²) in [7, 11) is 0. The molecule has 1 aliphatic carbocycles. The molecule has 1 rings (SSSR count). The van der Waals surface area contributed by atoms with Crippen molar-refractivity contribution in [3.05, 3.63) is 0 Å². The molecule has 0 aromatic rings. The van der Waals surface area contributed by atoms with Crippen LogP contribution in [0.25, 0.3) is 0 Å². The van der Waals surface area contributed by atoms with E-state index in [0.29, 0.717) is 0 Å². The number of ether oxygens (including phenoxy) is 1. The van der Waals surface area contributed by atoms with Gasteiger partial charge in [-0.25, -0.2) is 0 Å². The fourth-order valence-electron chi connectivity index (χ4n) is 3.87. The van der Waals surface area contributed by atoms with Crippen LogP contribution >= 0.6 is 0 Å². The second-order valence-corrected chi connectivity index (χ2v) is 7.38. The van der Waals surface area contributed by atoms with E-state index in [2.05, 4.69) is 33.0 Å². The highest BCUT2D eigenvalue weighted by Gasteiger charge is 2.29. The Bertz CT molecular complexity index is 242. The van der Waals surface area contributed by atoms with Gasteiger partial charge in [0.1, 0.15) is 0 Å². The zero-order valence-electron chi connectivity index (χ0n) is 15.0. The Hall–Kier alpha value is -0.0800. The topological polar surface area (TPSA) is 21.3 Å². The monoisotopic (exact) mass is 297 g/mol. The van der Waals surface area contributed by atoms with Crippen LogP contribution < -0.4 is 5.32 Å². The van der Waals surface area contributed by atoms with Crippen LogP contribution in [0.1, 0.15) is 72.6 Å². The molecule has 1 fully saturated rings. The summed E-state index contributed by atoms with van der Waals surface area (Å²) in [6.45, 7) is 13.2. The van der Waals surface area contributed by atoms with Crippen molar-refractivity contribution in [1.29, 1.82) is 0 Å². The van der Waals surface area contributed by atoms with E-state index >= 15 is 0 Å². The van der Waals surface area contributed by atoms with Gasteiger partial charge in [0.2, 0.25) is 0 Å². The fourth-order valence-corrected chi connectivity index (χ4v) is 3.87. The van der Waals surface area contributed by atoms with Gasteiger partial charge in [-0.05, 0) is 69.4 Å². The first-order valence-electron chi connectivity index (χ1n) is 9.45. The van der Waals surface area contributed by atoms with Crippen LogP contribution in [0.5, 0.6) is 0 Å². The van der Waals surface area contributed by atoms with Crippen molar-refractivity contribution in [2.24, 2.45) is 23.7 Å². The Labute approximate surface area is 133 Å². The Morgan fingerprint density at radius 1 is 1.10 bits per heavy atom. The maximum absolute atomic E-state index is 5.53. The van der Waals surface area contributed by atoms with Crippen molar-refractivity contribution < 1.29 is 4.74 Å². The van der Waals surface area contributed by atoms with Crippen molar-refractivity contribution in [3.8, 4) is 0 Å². The Balaban J connectivity index is 2.37. The van der Waals surface area contributed by atoms with Crippen LogP contribution in [0.4, 0.5) is 0 Å². The summed E-state index contributed by atoms with van der Waals surface area (Å²) < 4.78 is 5.53. The lowest BCUT2D eigenvalue weighted by molar-refractivity contribution is 0.116. The molecule has 3 atom stereocenters. The van der Waals surface area contributed by atoms with Crippen LogP contribution in [-0.4, -0.2) is 26.3 Å². The van der Waals surface area contributed by atoms with Crippen LogP contribution in [0.2, 0.25) is 0 Å². The Morgan fingerprint density at radius 2 is 1.90 bits per heavy atom. The van der Waals surface area contributed by atoms with E-state index in [1.165, 1.54) is 58.0 Å². The second kappa shape index (κ2) is 11.5. The lowest BCUT2D eigenvalue weighted by Gasteiger charge is -2.37. The highest BCUT2D eigenvalue weighted by atomic mass is 16.5. The number of hydrogen-bond acceptors (Lipinski definition) is 2. The van der Waals surface area contributed by atoms with Gasteiger partial charge >= 0.3 is 0 Å². The van der Waals surface area contributed by atoms with Gasteiger partial charge in [0.05, 0.1) is 0 Å². The number of hydrogen-bond donors (Lipinski definition) is 1. The van der Waals surface area contributed by atoms with E-state index in [4.69, 9.17) is 4.74 Å². The van der Waals surface area contributed by atoms with Crippen LogP contribution in [-0.2, 0) is 4.74 Å². The van der Waals surface area contributed by atoms with Crippen LogP contribution in [0.3, 0.4) is 0 Å². The molecule has 2 nitrogen and oxygen atoms in total. The SMILES string of the molecule is CCCC1CCC(CNCC(C)C)C(CCCOCC)C1. The van der Waals surface area contributed by atoms with Crippen molar-refractivity contribution in [2.75, 3.05) is 26.3 Å². The molecule has 0 bridgehead atoms. The molecule has 1 aliphatic rings. The third-order valence-electron chi connectivity index (χ3n) is 4.97. The molecule has 0 aromatic carbocycles. The lowest BCUT2D eigenvalue weighted by Crippen LogP contribution is -2.34. The normalized spacial score (nSPS) is 26.4. The van der Waals surface area contributed by atoms with Gasteiger partial charge in [0, 0.05) is 13.2 Å². The van der Waals surface area contributed by atoms with E-state index < -0.39 is 0 Å². The van der Waals surface area contributed by atoms with Crippen molar-refractivity contribution in [1.82, 2.24) is 5.32 Å². The molecule has 0 aliphatic heterocycles. The molecule has 1 saturated carbocycles. The molecular weight excluding hydrogens is 258 g/mol. The van der Waals surface area contributed by atoms with E-state index in [0.717, 1.165) is 36.9 Å². The minimum atomic E-state index is 0.762. The smallest absolute Gasteiger partial charge is 0.0465 e. The molecule has 126 valence electrons. The predicted molar refractivity (Wildman–Crippen MR) is 92.7 cm³/mol. The zero-order valence-corrected chi connectivity index (χ0v) is 15.0. The van der Waals surface area contributed by atoms with Gasteiger partial charge in [-0.2, -0.15) is 0 Å². The first-order chi connectivity index (χ1) is 10.2. The first kappa shape index (κ1) is 19.0. The number of nitrogens with one attached hydrogen (secondary N) is 1. The summed E-state index contributed by atoms with van der Waals surface area (Å²) in [6, 6.07) is 0. The van der Waals surface area contributed by atoms with E-state index in [1.807, 2.05) is 0 Å². The highest BCUT2D eigenvalue weighted by molar-refractivity contribution is 4.81. The fraction of sp³-hybridized carbons (Fsp3) is 1.00. The average molecular weight is 298 g/mol. The third kappa shape index (κ3) is 8.21. The maximum atomic E-state index is 5.53. The zero-order chi connectivity index (χ0) is 15.5. The van der Waals surface area contributed by atoms with Crippen molar-refractivity contribution in [2.45, 2.75) is 72.6 Å². The second-order valence-electron chi connectivity index (χ2n) is 7.38. The lowest BCUT2D eigenvalue weighted by atomic mass is 9.71. The molecule has 0 heterocycles. The summed E-state index contributed by atoms with van der Waals surface area (Å²) >= 11 is 0. The van der Waals surface area contributed by atoms with E-state index in [1.54, 1.807) is 0 Å². The minimum absolute atomic E-state index is 0.762. The largest absolute Gasteiger partial charge is 0.382 e. The summed E-state index contributed by atoms with van der Waals surface area (Å²) in [5, 5.41) is 3.70. The van der Waals surface area contributed by atoms with E-state index in [9.17, 15) is 0 Å². The van der Waals surface area contributed by atoms with Crippen molar-refractivity contribution >= 4 is 0 Å². The molecule has 21 heavy (non-hydrogen) atoms. The molecule has 1 N–H and O–H groups in total. The Kier molecular flexibility index (Phi) is 10.4. The van der Waals surface area contributed by atoms with Gasteiger partial charge < -0.3 is 10.1 Å². The molecule has 0 radical (unpaired) electrons. The molecule has 3 unspecified atom stereocenters. The van der Waals surface area contributed by atoms with E-state index in [-0.39, 0.29) is 0 Å². The number of rotatable bonds is 11. The van der Waals surface area contributed by atoms with Gasteiger partial charge in [0.15, 0.2) is 0 Å². The average Bonchev–Trinajstić information content (AvgIpc) is 2.45. The highest BCUT2D eigenvalue weighted by Crippen LogP contribution is 2.38. The van der Waals surface area contributed by atoms with Crippen LogP contribution in [0.15, 0.2) is 0 Å². The molecule has 0 amide bonds. The first-order valence-corrected chi connectivity index (χ1v) is 9.45. The summed E-state index contributed by atoms with van der Waals surface area (Å²) in [5.74, 6) is 3.58. The molecule has 0 saturated heterocycles. The molecule has 2 heteroatoms. The molecule has 0 spiro atoms. The molecular formula is C19H39NO. The maximum Gasteiger partial charge on any atom is 0.0465 e. The van der Waals surface area contributed by atoms with Crippen molar-refractivity contribution in [3.63, 3.8) is 0 Å². The molecule has 0 aromatic heterocycles. The standard InChI is InChI=1S/C19H39NO/c1-5-8-17-10-11-19(15-20-14-16(3)4)18(13-17)9-7-12-21-6-2/h16-20H,5-15H2,1-4H3. The third-order valence-corrected chi connectivity index (χ3v) is 4.97. The predicted octanol–water partition coefficient (Wildman–Crippen LogP) is 4.88. The minimum Gasteiger partial charge on any atom is -0.382 e.